The number of nitrogens with two attached hydrogens (primary N) is 1. The lowest BCUT2D eigenvalue weighted by Crippen LogP contribution is -2.51. The molecule has 1 heterocycles. The van der Waals surface area contributed by atoms with Crippen molar-refractivity contribution < 1.29 is 14.6 Å². The highest BCUT2D eigenvalue weighted by molar-refractivity contribution is 5.83. The number of carbonyl (C=O) groups is 1. The first-order valence-electron chi connectivity index (χ1n) is 6.27. The van der Waals surface area contributed by atoms with Crippen molar-refractivity contribution in [1.82, 2.24) is 5.32 Å². The first-order valence-corrected chi connectivity index (χ1v) is 6.27. The number of hydrogen-bond acceptors (Lipinski definition) is 4. The van der Waals surface area contributed by atoms with E-state index in [4.69, 9.17) is 10.5 Å². The fourth-order valence-electron chi connectivity index (χ4n) is 2.23. The lowest BCUT2D eigenvalue weighted by Gasteiger charge is -2.35. The molecule has 2 unspecified atom stereocenters. The van der Waals surface area contributed by atoms with Crippen LogP contribution in [0.3, 0.4) is 0 Å². The molecule has 1 rings (SSSR count). The zero-order valence-corrected chi connectivity index (χ0v) is 10.7. The van der Waals surface area contributed by atoms with E-state index in [1.165, 1.54) is 0 Å². The zero-order valence-electron chi connectivity index (χ0n) is 10.7. The molecule has 1 fully saturated rings. The number of carbonyl (C=O) groups excluding carboxylic acids is 1. The molecule has 0 radical (unpaired) electrons. The molecular weight excluding hydrogens is 220 g/mol. The number of nitrogens with one attached hydrogen (secondary N) is 1. The Bertz CT molecular complexity index is 250. The predicted molar refractivity (Wildman–Crippen MR) is 65.4 cm³/mol. The van der Waals surface area contributed by atoms with Gasteiger partial charge < -0.3 is 20.9 Å². The summed E-state index contributed by atoms with van der Waals surface area (Å²) in [4.78, 5) is 12.2. The molecule has 0 aromatic heterocycles. The van der Waals surface area contributed by atoms with Gasteiger partial charge in [0.2, 0.25) is 5.91 Å². The maximum atomic E-state index is 12.2. The van der Waals surface area contributed by atoms with Crippen LogP contribution in [0.4, 0.5) is 0 Å². The highest BCUT2D eigenvalue weighted by atomic mass is 16.5. The first kappa shape index (κ1) is 14.4. The standard InChI is InChI=1S/C12H24N2O3/c1-9(7-10(2)15)14-11(16)12(8-13)3-5-17-6-4-12/h9-10,15H,3-8,13H2,1-2H3,(H,14,16). The van der Waals surface area contributed by atoms with Crippen molar-refractivity contribution in [2.24, 2.45) is 11.1 Å². The zero-order chi connectivity index (χ0) is 12.9. The Morgan fingerprint density at radius 1 is 1.47 bits per heavy atom. The van der Waals surface area contributed by atoms with Crippen LogP contribution in [0.2, 0.25) is 0 Å². The van der Waals surface area contributed by atoms with Crippen molar-refractivity contribution in [2.45, 2.75) is 45.3 Å². The summed E-state index contributed by atoms with van der Waals surface area (Å²) in [5.41, 5.74) is 5.27. The second-order valence-electron chi connectivity index (χ2n) is 5.06. The number of rotatable bonds is 5. The summed E-state index contributed by atoms with van der Waals surface area (Å²) in [6.45, 7) is 5.15. The third-order valence-electron chi connectivity index (χ3n) is 3.39. The molecule has 1 aliphatic rings. The van der Waals surface area contributed by atoms with Crippen LogP contribution in [0.15, 0.2) is 0 Å². The van der Waals surface area contributed by atoms with Gasteiger partial charge in [0.05, 0.1) is 11.5 Å². The number of ether oxygens (including phenoxy) is 1. The lowest BCUT2D eigenvalue weighted by atomic mass is 9.79. The van der Waals surface area contributed by atoms with Crippen LogP contribution in [0.25, 0.3) is 0 Å². The molecule has 5 nitrogen and oxygen atoms in total. The lowest BCUT2D eigenvalue weighted by molar-refractivity contribution is -0.136. The minimum absolute atomic E-state index is 0.00329. The van der Waals surface area contributed by atoms with E-state index in [1.807, 2.05) is 6.92 Å². The van der Waals surface area contributed by atoms with Crippen LogP contribution in [-0.4, -0.2) is 42.9 Å². The van der Waals surface area contributed by atoms with E-state index in [2.05, 4.69) is 5.32 Å². The molecule has 0 saturated carbocycles. The summed E-state index contributed by atoms with van der Waals surface area (Å²) in [5.74, 6) is -0.00329. The number of aliphatic hydroxyl groups excluding tert-OH is 1. The van der Waals surface area contributed by atoms with Gasteiger partial charge in [-0.05, 0) is 33.1 Å². The number of hydrogen-bond donors (Lipinski definition) is 3. The van der Waals surface area contributed by atoms with Gasteiger partial charge in [0.1, 0.15) is 0 Å². The van der Waals surface area contributed by atoms with Crippen molar-refractivity contribution in [2.75, 3.05) is 19.8 Å². The van der Waals surface area contributed by atoms with E-state index in [9.17, 15) is 9.90 Å². The van der Waals surface area contributed by atoms with Crippen LogP contribution in [-0.2, 0) is 9.53 Å². The average molecular weight is 244 g/mol. The van der Waals surface area contributed by atoms with E-state index in [1.54, 1.807) is 6.92 Å². The Morgan fingerprint density at radius 3 is 2.53 bits per heavy atom. The Morgan fingerprint density at radius 2 is 2.06 bits per heavy atom. The van der Waals surface area contributed by atoms with Gasteiger partial charge in [0, 0.05) is 25.8 Å². The maximum Gasteiger partial charge on any atom is 0.227 e. The predicted octanol–water partition coefficient (Wildman–Crippen LogP) is 0.0175. The van der Waals surface area contributed by atoms with Gasteiger partial charge in [-0.1, -0.05) is 0 Å². The highest BCUT2D eigenvalue weighted by Gasteiger charge is 2.39. The normalized spacial score (nSPS) is 22.8. The largest absolute Gasteiger partial charge is 0.393 e. The third kappa shape index (κ3) is 3.94. The summed E-state index contributed by atoms with van der Waals surface area (Å²) in [5, 5.41) is 12.2. The highest BCUT2D eigenvalue weighted by Crippen LogP contribution is 2.29. The summed E-state index contributed by atoms with van der Waals surface area (Å²) >= 11 is 0. The van der Waals surface area contributed by atoms with Crippen molar-refractivity contribution in [3.8, 4) is 0 Å². The summed E-state index contributed by atoms with van der Waals surface area (Å²) in [7, 11) is 0. The number of aliphatic hydroxyl groups is 1. The van der Waals surface area contributed by atoms with E-state index in [0.29, 0.717) is 39.0 Å². The second kappa shape index (κ2) is 6.33. The smallest absolute Gasteiger partial charge is 0.227 e. The van der Waals surface area contributed by atoms with Crippen LogP contribution >= 0.6 is 0 Å². The molecule has 0 bridgehead atoms. The van der Waals surface area contributed by atoms with Crippen LogP contribution < -0.4 is 11.1 Å². The van der Waals surface area contributed by atoms with Gasteiger partial charge in [-0.2, -0.15) is 0 Å². The average Bonchev–Trinajstić information content (AvgIpc) is 2.28. The molecule has 1 amide bonds. The molecule has 0 aromatic carbocycles. The quantitative estimate of drug-likeness (QED) is 0.636. The Hall–Kier alpha value is -0.650. The van der Waals surface area contributed by atoms with Crippen molar-refractivity contribution >= 4 is 5.91 Å². The molecular formula is C12H24N2O3. The SMILES string of the molecule is CC(O)CC(C)NC(=O)C1(CN)CCOCC1. The fraction of sp³-hybridized carbons (Fsp3) is 0.917. The minimum Gasteiger partial charge on any atom is -0.393 e. The molecule has 0 spiro atoms. The molecule has 0 aliphatic carbocycles. The molecule has 1 aliphatic heterocycles. The van der Waals surface area contributed by atoms with Crippen LogP contribution in [0.5, 0.6) is 0 Å². The van der Waals surface area contributed by atoms with Gasteiger partial charge in [-0.3, -0.25) is 4.79 Å². The second-order valence-corrected chi connectivity index (χ2v) is 5.06. The molecule has 2 atom stereocenters. The molecule has 1 saturated heterocycles. The molecule has 17 heavy (non-hydrogen) atoms. The van der Waals surface area contributed by atoms with Crippen molar-refractivity contribution in [1.29, 1.82) is 0 Å². The van der Waals surface area contributed by atoms with E-state index in [0.717, 1.165) is 0 Å². The van der Waals surface area contributed by atoms with Crippen LogP contribution in [0, 0.1) is 5.41 Å². The van der Waals surface area contributed by atoms with Gasteiger partial charge in [-0.15, -0.1) is 0 Å². The molecule has 4 N–H and O–H groups in total. The fourth-order valence-corrected chi connectivity index (χ4v) is 2.23. The first-order chi connectivity index (χ1) is 8.00. The van der Waals surface area contributed by atoms with Gasteiger partial charge in [-0.25, -0.2) is 0 Å². The van der Waals surface area contributed by atoms with Crippen molar-refractivity contribution in [3.05, 3.63) is 0 Å². The van der Waals surface area contributed by atoms with Gasteiger partial charge in [0.15, 0.2) is 0 Å². The van der Waals surface area contributed by atoms with Gasteiger partial charge >= 0.3 is 0 Å². The topological polar surface area (TPSA) is 84.6 Å². The monoisotopic (exact) mass is 244 g/mol. The van der Waals surface area contributed by atoms with Crippen molar-refractivity contribution in [3.63, 3.8) is 0 Å². The van der Waals surface area contributed by atoms with Crippen LogP contribution in [0.1, 0.15) is 33.1 Å². The summed E-state index contributed by atoms with van der Waals surface area (Å²) < 4.78 is 5.27. The van der Waals surface area contributed by atoms with E-state index >= 15 is 0 Å². The molecule has 5 heteroatoms. The maximum absolute atomic E-state index is 12.2. The van der Waals surface area contributed by atoms with E-state index in [-0.39, 0.29) is 11.9 Å². The molecule has 100 valence electrons. The molecule has 0 aromatic rings. The summed E-state index contributed by atoms with van der Waals surface area (Å²) in [6, 6.07) is -0.0335. The Kier molecular flexibility index (Phi) is 5.36. The van der Waals surface area contributed by atoms with Gasteiger partial charge in [0.25, 0.3) is 0 Å². The summed E-state index contributed by atoms with van der Waals surface area (Å²) in [6.07, 6.45) is 1.50. The number of amides is 1. The third-order valence-corrected chi connectivity index (χ3v) is 3.39. The minimum atomic E-state index is -0.481. The Balaban J connectivity index is 2.54. The van der Waals surface area contributed by atoms with E-state index < -0.39 is 11.5 Å². The Labute approximate surface area is 103 Å².